The van der Waals surface area contributed by atoms with Gasteiger partial charge in [0, 0.05) is 5.92 Å². The zero-order chi connectivity index (χ0) is 12.3. The molecule has 0 N–H and O–H groups in total. The number of hydrogen-bond donors (Lipinski definition) is 0. The van der Waals surface area contributed by atoms with E-state index in [0.717, 1.165) is 18.8 Å². The summed E-state index contributed by atoms with van der Waals surface area (Å²) in [6.07, 6.45) is 5.83. The summed E-state index contributed by atoms with van der Waals surface area (Å²) in [5.41, 5.74) is 2.77. The summed E-state index contributed by atoms with van der Waals surface area (Å²) >= 11 is 0. The largest absolute Gasteiger partial charge is 0.300 e. The van der Waals surface area contributed by atoms with Crippen molar-refractivity contribution in [3.63, 3.8) is 0 Å². The van der Waals surface area contributed by atoms with Gasteiger partial charge in [-0.15, -0.1) is 0 Å². The Kier molecular flexibility index (Phi) is 3.98. The smallest absolute Gasteiger partial charge is 0.132 e. The predicted molar refractivity (Wildman–Crippen MR) is 71.0 cm³/mol. The second-order valence-corrected chi connectivity index (χ2v) is 5.52. The van der Waals surface area contributed by atoms with E-state index in [9.17, 15) is 4.79 Å². The first-order chi connectivity index (χ1) is 8.15. The van der Waals surface area contributed by atoms with Crippen LogP contribution in [0, 0.1) is 18.8 Å². The van der Waals surface area contributed by atoms with E-state index in [1.54, 1.807) is 6.92 Å². The second-order valence-electron chi connectivity index (χ2n) is 5.52. The lowest BCUT2D eigenvalue weighted by Gasteiger charge is -2.27. The molecular weight excluding hydrogens is 208 g/mol. The fourth-order valence-corrected chi connectivity index (χ4v) is 2.83. The van der Waals surface area contributed by atoms with Gasteiger partial charge in [0.1, 0.15) is 5.78 Å². The van der Waals surface area contributed by atoms with Crippen molar-refractivity contribution >= 4 is 5.78 Å². The third kappa shape index (κ3) is 3.42. The van der Waals surface area contributed by atoms with E-state index in [1.165, 1.54) is 30.4 Å². The third-order valence-electron chi connectivity index (χ3n) is 4.07. The minimum Gasteiger partial charge on any atom is -0.300 e. The normalized spacial score (nSPS) is 24.6. The van der Waals surface area contributed by atoms with Crippen molar-refractivity contribution < 1.29 is 4.79 Å². The average molecular weight is 230 g/mol. The Bertz CT molecular complexity index is 369. The molecule has 1 aromatic carbocycles. The Labute approximate surface area is 104 Å². The number of aryl methyl sites for hydroxylation is 1. The van der Waals surface area contributed by atoms with Gasteiger partial charge in [0.15, 0.2) is 0 Å². The van der Waals surface area contributed by atoms with Crippen LogP contribution in [0.4, 0.5) is 0 Å². The Hall–Kier alpha value is -1.11. The van der Waals surface area contributed by atoms with E-state index in [0.29, 0.717) is 11.7 Å². The molecule has 1 saturated carbocycles. The molecule has 0 aliphatic heterocycles. The van der Waals surface area contributed by atoms with E-state index >= 15 is 0 Å². The molecule has 1 nitrogen and oxygen atoms in total. The van der Waals surface area contributed by atoms with Crippen LogP contribution in [-0.2, 0) is 11.2 Å². The molecule has 0 radical (unpaired) electrons. The van der Waals surface area contributed by atoms with Gasteiger partial charge in [-0.2, -0.15) is 0 Å². The molecule has 1 heteroatoms. The molecule has 1 aliphatic rings. The number of carbonyl (C=O) groups is 1. The van der Waals surface area contributed by atoms with Crippen molar-refractivity contribution in [1.82, 2.24) is 0 Å². The number of Topliss-reactive ketones (excluding diaryl/α,β-unsaturated/α-hetero) is 1. The average Bonchev–Trinajstić information content (AvgIpc) is 2.33. The second kappa shape index (κ2) is 5.48. The maximum absolute atomic E-state index is 11.3. The number of rotatable bonds is 3. The maximum Gasteiger partial charge on any atom is 0.132 e. The first kappa shape index (κ1) is 12.3. The molecule has 0 saturated heterocycles. The van der Waals surface area contributed by atoms with Crippen LogP contribution in [0.1, 0.15) is 43.7 Å². The Morgan fingerprint density at radius 2 is 1.71 bits per heavy atom. The molecule has 0 aromatic heterocycles. The van der Waals surface area contributed by atoms with Gasteiger partial charge < -0.3 is 0 Å². The van der Waals surface area contributed by atoms with Crippen LogP contribution in [0.5, 0.6) is 0 Å². The fourth-order valence-electron chi connectivity index (χ4n) is 2.83. The Balaban J connectivity index is 1.85. The zero-order valence-corrected chi connectivity index (χ0v) is 10.9. The molecule has 92 valence electrons. The van der Waals surface area contributed by atoms with Crippen molar-refractivity contribution in [2.24, 2.45) is 11.8 Å². The van der Waals surface area contributed by atoms with Gasteiger partial charge >= 0.3 is 0 Å². The zero-order valence-electron chi connectivity index (χ0n) is 10.9. The third-order valence-corrected chi connectivity index (χ3v) is 4.07. The lowest BCUT2D eigenvalue weighted by molar-refractivity contribution is -0.121. The number of carbonyl (C=O) groups excluding carboxylic acids is 1. The van der Waals surface area contributed by atoms with Crippen molar-refractivity contribution in [2.45, 2.75) is 46.0 Å². The molecule has 0 atom stereocenters. The van der Waals surface area contributed by atoms with E-state index in [2.05, 4.69) is 31.2 Å². The summed E-state index contributed by atoms with van der Waals surface area (Å²) in [6, 6.07) is 8.87. The van der Waals surface area contributed by atoms with Crippen molar-refractivity contribution in [1.29, 1.82) is 0 Å². The quantitative estimate of drug-likeness (QED) is 0.769. The van der Waals surface area contributed by atoms with Crippen molar-refractivity contribution in [3.05, 3.63) is 35.4 Å². The molecule has 1 aromatic rings. The van der Waals surface area contributed by atoms with Gasteiger partial charge in [0.05, 0.1) is 0 Å². The van der Waals surface area contributed by atoms with Crippen LogP contribution in [0.25, 0.3) is 0 Å². The van der Waals surface area contributed by atoms with Crippen LogP contribution in [0.3, 0.4) is 0 Å². The molecular formula is C16H22O. The minimum atomic E-state index is 0.351. The lowest BCUT2D eigenvalue weighted by Crippen LogP contribution is -2.21. The number of hydrogen-bond acceptors (Lipinski definition) is 1. The molecule has 0 spiro atoms. The summed E-state index contributed by atoms with van der Waals surface area (Å²) in [7, 11) is 0. The SMILES string of the molecule is CC(=O)C1CCC(Cc2ccc(C)cc2)CC1. The fraction of sp³-hybridized carbons (Fsp3) is 0.562. The Morgan fingerprint density at radius 1 is 1.12 bits per heavy atom. The van der Waals surface area contributed by atoms with Gasteiger partial charge in [-0.3, -0.25) is 4.79 Å². The van der Waals surface area contributed by atoms with Crippen molar-refractivity contribution in [3.8, 4) is 0 Å². The highest BCUT2D eigenvalue weighted by atomic mass is 16.1. The van der Waals surface area contributed by atoms with Gasteiger partial charge in [-0.05, 0) is 57.4 Å². The van der Waals surface area contributed by atoms with E-state index in [4.69, 9.17) is 0 Å². The lowest BCUT2D eigenvalue weighted by atomic mass is 9.78. The summed E-state index contributed by atoms with van der Waals surface area (Å²) in [6.45, 7) is 3.87. The molecule has 0 bridgehead atoms. The summed E-state index contributed by atoms with van der Waals surface area (Å²) in [5, 5.41) is 0. The summed E-state index contributed by atoms with van der Waals surface area (Å²) in [5.74, 6) is 1.52. The number of ketones is 1. The van der Waals surface area contributed by atoms with Gasteiger partial charge in [-0.1, -0.05) is 29.8 Å². The van der Waals surface area contributed by atoms with E-state index in [1.807, 2.05) is 0 Å². The van der Waals surface area contributed by atoms with E-state index < -0.39 is 0 Å². The topological polar surface area (TPSA) is 17.1 Å². The molecule has 0 unspecified atom stereocenters. The van der Waals surface area contributed by atoms with Crippen LogP contribution in [-0.4, -0.2) is 5.78 Å². The number of benzene rings is 1. The molecule has 1 fully saturated rings. The van der Waals surface area contributed by atoms with Crippen molar-refractivity contribution in [2.75, 3.05) is 0 Å². The van der Waals surface area contributed by atoms with E-state index in [-0.39, 0.29) is 0 Å². The van der Waals surface area contributed by atoms with Crippen LogP contribution < -0.4 is 0 Å². The highest BCUT2D eigenvalue weighted by Crippen LogP contribution is 2.31. The van der Waals surface area contributed by atoms with Gasteiger partial charge in [0.25, 0.3) is 0 Å². The first-order valence-electron chi connectivity index (χ1n) is 6.71. The maximum atomic E-state index is 11.3. The predicted octanol–water partition coefficient (Wildman–Crippen LogP) is 3.93. The van der Waals surface area contributed by atoms with Crippen LogP contribution in [0.2, 0.25) is 0 Å². The monoisotopic (exact) mass is 230 g/mol. The van der Waals surface area contributed by atoms with Gasteiger partial charge in [-0.25, -0.2) is 0 Å². The Morgan fingerprint density at radius 3 is 2.24 bits per heavy atom. The van der Waals surface area contributed by atoms with Gasteiger partial charge in [0.2, 0.25) is 0 Å². The highest BCUT2D eigenvalue weighted by molar-refractivity contribution is 5.78. The molecule has 2 rings (SSSR count). The highest BCUT2D eigenvalue weighted by Gasteiger charge is 2.23. The molecule has 1 aliphatic carbocycles. The summed E-state index contributed by atoms with van der Waals surface area (Å²) in [4.78, 5) is 11.3. The summed E-state index contributed by atoms with van der Waals surface area (Å²) < 4.78 is 0. The molecule has 17 heavy (non-hydrogen) atoms. The van der Waals surface area contributed by atoms with Crippen LogP contribution in [0.15, 0.2) is 24.3 Å². The standard InChI is InChI=1S/C16H22O/c1-12-3-5-14(6-4-12)11-15-7-9-16(10-8-15)13(2)17/h3-6,15-16H,7-11H2,1-2H3. The first-order valence-corrected chi connectivity index (χ1v) is 6.71. The minimum absolute atomic E-state index is 0.351. The molecule has 0 amide bonds. The molecule has 0 heterocycles. The van der Waals surface area contributed by atoms with Crippen LogP contribution >= 0.6 is 0 Å².